The average Bonchev–Trinajstić information content (AvgIpc) is 1.80. The van der Waals surface area contributed by atoms with E-state index in [0.29, 0.717) is 12.8 Å². The van der Waals surface area contributed by atoms with Gasteiger partial charge in [0.25, 0.3) is 0 Å². The van der Waals surface area contributed by atoms with E-state index in [2.05, 4.69) is 6.58 Å². The largest absolute Gasteiger partial charge is 0.390 e. The molecule has 1 aliphatic rings. The topological polar surface area (TPSA) is 20.2 Å². The molecule has 0 aliphatic heterocycles. The van der Waals surface area contributed by atoms with Crippen LogP contribution in [0.25, 0.3) is 0 Å². The smallest absolute Gasteiger partial charge is 0.130 e. The maximum atomic E-state index is 12.5. The van der Waals surface area contributed by atoms with Crippen molar-refractivity contribution in [1.82, 2.24) is 0 Å². The zero-order valence-electron chi connectivity index (χ0n) is 5.31. The fourth-order valence-electron chi connectivity index (χ4n) is 1.05. The summed E-state index contributed by atoms with van der Waals surface area (Å²) >= 11 is 0. The summed E-state index contributed by atoms with van der Waals surface area (Å²) in [4.78, 5) is 0. The van der Waals surface area contributed by atoms with E-state index in [4.69, 9.17) is 5.11 Å². The number of allylic oxidation sites excluding steroid dienone is 1. The molecule has 0 aromatic carbocycles. The summed E-state index contributed by atoms with van der Waals surface area (Å²) in [6.45, 7) is 3.65. The first-order valence-corrected chi connectivity index (χ1v) is 3.19. The molecule has 0 spiro atoms. The van der Waals surface area contributed by atoms with Gasteiger partial charge in [-0.25, -0.2) is 4.39 Å². The molecule has 1 rings (SSSR count). The molecule has 1 aliphatic carbocycles. The van der Waals surface area contributed by atoms with Crippen molar-refractivity contribution in [2.45, 2.75) is 31.5 Å². The zero-order chi connectivity index (χ0) is 6.85. The van der Waals surface area contributed by atoms with Crippen LogP contribution in [0.5, 0.6) is 0 Å². The molecule has 1 N–H and O–H groups in total. The summed E-state index contributed by atoms with van der Waals surface area (Å²) in [6, 6.07) is 0. The summed E-state index contributed by atoms with van der Waals surface area (Å²) in [5.41, 5.74) is 0.924. The first kappa shape index (κ1) is 6.75. The number of alkyl halides is 1. The monoisotopic (exact) mass is 130 g/mol. The number of halogens is 1. The van der Waals surface area contributed by atoms with Crippen molar-refractivity contribution < 1.29 is 9.50 Å². The molecule has 0 heterocycles. The van der Waals surface area contributed by atoms with Crippen LogP contribution in [0.1, 0.15) is 19.3 Å². The minimum Gasteiger partial charge on any atom is -0.390 e. The molecule has 52 valence electrons. The maximum Gasteiger partial charge on any atom is 0.130 e. The quantitative estimate of drug-likeness (QED) is 0.492. The van der Waals surface area contributed by atoms with Crippen molar-refractivity contribution in [2.24, 2.45) is 0 Å². The molecule has 2 heteroatoms. The molecule has 0 amide bonds. The van der Waals surface area contributed by atoms with E-state index in [0.717, 1.165) is 12.0 Å². The van der Waals surface area contributed by atoms with Gasteiger partial charge in [0.1, 0.15) is 6.17 Å². The van der Waals surface area contributed by atoms with E-state index in [9.17, 15) is 4.39 Å². The number of hydrogen-bond acceptors (Lipinski definition) is 1. The number of aliphatic hydroxyl groups is 1. The fraction of sp³-hybridized carbons (Fsp3) is 0.714. The van der Waals surface area contributed by atoms with Crippen LogP contribution in [0, 0.1) is 0 Å². The number of hydrogen-bond donors (Lipinski definition) is 1. The SMILES string of the molecule is C=C1CC[C@@H](O)[C@@H](F)C1. The van der Waals surface area contributed by atoms with Gasteiger partial charge in [0.05, 0.1) is 6.10 Å². The van der Waals surface area contributed by atoms with E-state index in [1.165, 1.54) is 0 Å². The van der Waals surface area contributed by atoms with Gasteiger partial charge in [-0.05, 0) is 12.8 Å². The van der Waals surface area contributed by atoms with Crippen LogP contribution in [-0.2, 0) is 0 Å². The highest BCUT2D eigenvalue weighted by atomic mass is 19.1. The van der Waals surface area contributed by atoms with Gasteiger partial charge >= 0.3 is 0 Å². The molecule has 0 saturated heterocycles. The summed E-state index contributed by atoms with van der Waals surface area (Å²) in [6.07, 6.45) is -0.135. The van der Waals surface area contributed by atoms with Gasteiger partial charge < -0.3 is 5.11 Å². The summed E-state index contributed by atoms with van der Waals surface area (Å²) < 4.78 is 12.5. The van der Waals surface area contributed by atoms with Crippen molar-refractivity contribution in [2.75, 3.05) is 0 Å². The van der Waals surface area contributed by atoms with Gasteiger partial charge in [-0.2, -0.15) is 0 Å². The second kappa shape index (κ2) is 2.48. The van der Waals surface area contributed by atoms with Crippen molar-refractivity contribution in [3.05, 3.63) is 12.2 Å². The predicted molar refractivity (Wildman–Crippen MR) is 33.9 cm³/mol. The zero-order valence-corrected chi connectivity index (χ0v) is 5.31. The Balaban J connectivity index is 2.44. The second-order valence-corrected chi connectivity index (χ2v) is 2.58. The first-order valence-electron chi connectivity index (χ1n) is 3.19. The van der Waals surface area contributed by atoms with Gasteiger partial charge in [0, 0.05) is 6.42 Å². The predicted octanol–water partition coefficient (Wildman–Crippen LogP) is 1.43. The number of aliphatic hydroxyl groups excluding tert-OH is 1. The standard InChI is InChI=1S/C7H11FO/c1-5-2-3-7(9)6(8)4-5/h6-7,9H,1-4H2/t6-,7+/m0/s1. The van der Waals surface area contributed by atoms with E-state index in [1.807, 2.05) is 0 Å². The highest BCUT2D eigenvalue weighted by Gasteiger charge is 2.23. The Bertz CT molecular complexity index is 122. The minimum absolute atomic E-state index is 0.348. The normalized spacial score (nSPS) is 36.9. The molecule has 1 fully saturated rings. The van der Waals surface area contributed by atoms with Crippen molar-refractivity contribution in [3.63, 3.8) is 0 Å². The lowest BCUT2D eigenvalue weighted by atomic mass is 9.92. The molecule has 1 saturated carbocycles. The van der Waals surface area contributed by atoms with Crippen molar-refractivity contribution in [1.29, 1.82) is 0 Å². The average molecular weight is 130 g/mol. The third kappa shape index (κ3) is 1.52. The van der Waals surface area contributed by atoms with Gasteiger partial charge in [0.2, 0.25) is 0 Å². The van der Waals surface area contributed by atoms with E-state index >= 15 is 0 Å². The van der Waals surface area contributed by atoms with Gasteiger partial charge in [-0.15, -0.1) is 0 Å². The van der Waals surface area contributed by atoms with Crippen LogP contribution in [-0.4, -0.2) is 17.4 Å². The Morgan fingerprint density at radius 3 is 2.78 bits per heavy atom. The van der Waals surface area contributed by atoms with Gasteiger partial charge in [-0.1, -0.05) is 12.2 Å². The second-order valence-electron chi connectivity index (χ2n) is 2.58. The highest BCUT2D eigenvalue weighted by Crippen LogP contribution is 2.24. The molecular weight excluding hydrogens is 119 g/mol. The van der Waals surface area contributed by atoms with Crippen LogP contribution in [0.3, 0.4) is 0 Å². The Kier molecular flexibility index (Phi) is 1.86. The van der Waals surface area contributed by atoms with Crippen LogP contribution >= 0.6 is 0 Å². The molecule has 0 bridgehead atoms. The molecule has 2 atom stereocenters. The molecule has 9 heavy (non-hydrogen) atoms. The van der Waals surface area contributed by atoms with Crippen molar-refractivity contribution in [3.8, 4) is 0 Å². The van der Waals surface area contributed by atoms with Gasteiger partial charge in [0.15, 0.2) is 0 Å². The third-order valence-electron chi connectivity index (χ3n) is 1.69. The van der Waals surface area contributed by atoms with Crippen LogP contribution in [0.15, 0.2) is 12.2 Å². The Morgan fingerprint density at radius 2 is 2.33 bits per heavy atom. The summed E-state index contributed by atoms with van der Waals surface area (Å²) in [5, 5.41) is 8.88. The highest BCUT2D eigenvalue weighted by molar-refractivity contribution is 5.02. The third-order valence-corrected chi connectivity index (χ3v) is 1.69. The number of rotatable bonds is 0. The lowest BCUT2D eigenvalue weighted by molar-refractivity contribution is 0.0584. The van der Waals surface area contributed by atoms with Crippen LogP contribution in [0.2, 0.25) is 0 Å². The maximum absolute atomic E-state index is 12.5. The molecular formula is C7H11FO. The molecule has 1 nitrogen and oxygen atoms in total. The lowest BCUT2D eigenvalue weighted by Crippen LogP contribution is -2.26. The molecule has 0 aromatic rings. The van der Waals surface area contributed by atoms with E-state index in [1.54, 1.807) is 0 Å². The minimum atomic E-state index is -1.06. The lowest BCUT2D eigenvalue weighted by Gasteiger charge is -2.22. The summed E-state index contributed by atoms with van der Waals surface area (Å²) in [7, 11) is 0. The van der Waals surface area contributed by atoms with Crippen molar-refractivity contribution >= 4 is 0 Å². The Morgan fingerprint density at radius 1 is 1.67 bits per heavy atom. The van der Waals surface area contributed by atoms with Crippen LogP contribution < -0.4 is 0 Å². The van der Waals surface area contributed by atoms with Gasteiger partial charge in [-0.3, -0.25) is 0 Å². The van der Waals surface area contributed by atoms with E-state index < -0.39 is 12.3 Å². The fourth-order valence-corrected chi connectivity index (χ4v) is 1.05. The van der Waals surface area contributed by atoms with E-state index in [-0.39, 0.29) is 0 Å². The Labute approximate surface area is 54.2 Å². The molecule has 0 unspecified atom stereocenters. The first-order chi connectivity index (χ1) is 4.20. The summed E-state index contributed by atoms with van der Waals surface area (Å²) in [5.74, 6) is 0. The molecule has 0 radical (unpaired) electrons. The van der Waals surface area contributed by atoms with Crippen LogP contribution in [0.4, 0.5) is 4.39 Å². The Hall–Kier alpha value is -0.370. The molecule has 0 aromatic heterocycles.